The first-order valence-electron chi connectivity index (χ1n) is 17.4. The van der Waals surface area contributed by atoms with Crippen molar-refractivity contribution in [2.45, 2.75) is 41.9 Å². The second-order valence-electron chi connectivity index (χ2n) is 13.4. The summed E-state index contributed by atoms with van der Waals surface area (Å²) >= 11 is 0. The maximum atomic E-state index is 14.2. The molecule has 0 amide bonds. The average Bonchev–Trinajstić information content (AvgIpc) is 3.66. The molecule has 0 aliphatic carbocycles. The smallest absolute Gasteiger partial charge is 0.0867 e. The van der Waals surface area contributed by atoms with Gasteiger partial charge in [0, 0.05) is 40.0 Å². The van der Waals surface area contributed by atoms with Gasteiger partial charge in [-0.15, -0.1) is 0 Å². The lowest BCUT2D eigenvalue weighted by atomic mass is 9.97. The second-order valence-corrected chi connectivity index (χ2v) is 14.8. The van der Waals surface area contributed by atoms with Crippen LogP contribution in [-0.4, -0.2) is 18.7 Å². The maximum Gasteiger partial charge on any atom is 0.0867 e. The Morgan fingerprint density at radius 3 is 1.92 bits per heavy atom. The molecule has 5 aliphatic heterocycles. The molecule has 1 unspecified atom stereocenters. The van der Waals surface area contributed by atoms with Crippen molar-refractivity contribution < 1.29 is 4.21 Å². The van der Waals surface area contributed by atoms with Gasteiger partial charge in [-0.25, -0.2) is 4.21 Å². The zero-order valence-corrected chi connectivity index (χ0v) is 28.3. The second kappa shape index (κ2) is 11.7. The number of benzene rings is 5. The number of fused-ring (bicyclic) bond motifs is 3. The van der Waals surface area contributed by atoms with Crippen molar-refractivity contribution in [1.29, 1.82) is 0 Å². The number of pyridine rings is 2. The highest BCUT2D eigenvalue weighted by Crippen LogP contribution is 2.44. The molecule has 5 aliphatic rings. The summed E-state index contributed by atoms with van der Waals surface area (Å²) < 4.78 is 16.5. The van der Waals surface area contributed by atoms with E-state index in [0.717, 1.165) is 92.3 Å². The SMILES string of the molecule is O=S1c2c3cccc2-c2cccc(c21)CCc1ccc(nc1)-c1cccc(c1)-n1c2ccccc2c2ccc(cc21)-c1ccc(cn1)CCC3. The van der Waals surface area contributed by atoms with Crippen molar-refractivity contribution in [2.75, 3.05) is 0 Å². The van der Waals surface area contributed by atoms with Gasteiger partial charge in [0.25, 0.3) is 0 Å². The lowest BCUT2D eigenvalue weighted by Crippen LogP contribution is -2.00. The Bertz CT molecular complexity index is 2640. The molecule has 1 atom stereocenters. The van der Waals surface area contributed by atoms with Crippen LogP contribution < -0.4 is 0 Å². The van der Waals surface area contributed by atoms with Crippen LogP contribution in [0.5, 0.6) is 0 Å². The van der Waals surface area contributed by atoms with E-state index >= 15 is 0 Å². The number of hydrogen-bond donors (Lipinski definition) is 0. The van der Waals surface area contributed by atoms with Crippen LogP contribution in [0.1, 0.15) is 28.7 Å². The van der Waals surface area contributed by atoms with Crippen molar-refractivity contribution in [3.63, 3.8) is 0 Å². The first-order valence-corrected chi connectivity index (χ1v) is 18.5. The van der Waals surface area contributed by atoms with Crippen LogP contribution in [0, 0.1) is 0 Å². The highest BCUT2D eigenvalue weighted by molar-refractivity contribution is 7.86. The summed E-state index contributed by atoms with van der Waals surface area (Å²) in [6, 6.07) is 45.5. The van der Waals surface area contributed by atoms with Crippen molar-refractivity contribution in [1.82, 2.24) is 14.5 Å². The summed E-state index contributed by atoms with van der Waals surface area (Å²) in [6.45, 7) is 0. The van der Waals surface area contributed by atoms with Gasteiger partial charge in [0.1, 0.15) is 0 Å². The summed E-state index contributed by atoms with van der Waals surface area (Å²) in [5.74, 6) is 0. The third-order valence-electron chi connectivity index (χ3n) is 10.5. The fourth-order valence-corrected chi connectivity index (χ4v) is 9.76. The van der Waals surface area contributed by atoms with E-state index in [1.54, 1.807) is 0 Å². The Hall–Kier alpha value is -5.65. The van der Waals surface area contributed by atoms with Crippen LogP contribution in [0.25, 0.3) is 61.1 Å². The minimum absolute atomic E-state index is 0.813. The van der Waals surface area contributed by atoms with Gasteiger partial charge in [-0.1, -0.05) is 91.0 Å². The third-order valence-corrected chi connectivity index (χ3v) is 12.2. The summed E-state index contributed by atoms with van der Waals surface area (Å²) in [6.07, 6.45) is 8.42. The highest BCUT2D eigenvalue weighted by Gasteiger charge is 2.30. The third kappa shape index (κ3) is 4.76. The number of para-hydroxylation sites is 1. The van der Waals surface area contributed by atoms with E-state index in [9.17, 15) is 4.21 Å². The molecule has 240 valence electrons. The van der Waals surface area contributed by atoms with Gasteiger partial charge in [-0.3, -0.25) is 9.97 Å². The molecule has 5 heteroatoms. The molecule has 13 rings (SSSR count). The van der Waals surface area contributed by atoms with Gasteiger partial charge in [0.15, 0.2) is 0 Å². The number of rotatable bonds is 0. The summed E-state index contributed by atoms with van der Waals surface area (Å²) in [5, 5.41) is 2.45. The van der Waals surface area contributed by atoms with Gasteiger partial charge < -0.3 is 4.57 Å². The maximum absolute atomic E-state index is 14.2. The van der Waals surface area contributed by atoms with E-state index in [-0.39, 0.29) is 0 Å². The lowest BCUT2D eigenvalue weighted by molar-refractivity contribution is 0.682. The molecule has 0 radical (unpaired) electrons. The average molecular weight is 664 g/mol. The van der Waals surface area contributed by atoms with Crippen LogP contribution in [0.2, 0.25) is 0 Å². The molecule has 0 N–H and O–H groups in total. The van der Waals surface area contributed by atoms with E-state index in [4.69, 9.17) is 9.97 Å². The highest BCUT2D eigenvalue weighted by atomic mass is 32.2. The minimum atomic E-state index is -1.20. The van der Waals surface area contributed by atoms with Crippen LogP contribution in [-0.2, 0) is 36.5 Å². The molecule has 0 fully saturated rings. The van der Waals surface area contributed by atoms with Crippen LogP contribution in [0.15, 0.2) is 150 Å². The van der Waals surface area contributed by atoms with Crippen molar-refractivity contribution in [3.8, 4) is 39.3 Å². The van der Waals surface area contributed by atoms with Gasteiger partial charge in [-0.2, -0.15) is 0 Å². The number of hydrogen-bond acceptors (Lipinski definition) is 3. The van der Waals surface area contributed by atoms with Crippen molar-refractivity contribution in [2.24, 2.45) is 0 Å². The Morgan fingerprint density at radius 1 is 0.520 bits per heavy atom. The molecule has 8 heterocycles. The Morgan fingerprint density at radius 2 is 1.18 bits per heavy atom. The quantitative estimate of drug-likeness (QED) is 0.162. The molecule has 10 bridgehead atoms. The largest absolute Gasteiger partial charge is 0.309 e. The number of nitrogens with zero attached hydrogens (tertiary/aromatic N) is 3. The van der Waals surface area contributed by atoms with E-state index in [1.807, 2.05) is 12.4 Å². The van der Waals surface area contributed by atoms with E-state index in [2.05, 4.69) is 132 Å². The van der Waals surface area contributed by atoms with Crippen molar-refractivity contribution in [3.05, 3.63) is 162 Å². The molecule has 3 aromatic heterocycles. The Kier molecular flexibility index (Phi) is 6.88. The molecular formula is C45H33N3OS. The standard InChI is InChI=1S/C45H33N3OS/c49-50-44-31-8-3-7-29-18-23-41(46-27-29)34-21-22-37-36-13-1-2-16-42(36)48(43(37)26-34)35-12-4-11-33(25-35)40-24-19-30(28-47-40)17-20-32-10-6-15-39(45(32)50)38(44)14-5-9-31/h1-2,4-6,9-16,18-19,21-28H,3,7-8,17,20H2. The molecule has 0 saturated carbocycles. The van der Waals surface area contributed by atoms with Gasteiger partial charge >= 0.3 is 0 Å². The normalized spacial score (nSPS) is 15.1. The van der Waals surface area contributed by atoms with E-state index in [1.165, 1.54) is 33.0 Å². The predicted octanol–water partition coefficient (Wildman–Crippen LogP) is 10.3. The van der Waals surface area contributed by atoms with Crippen LogP contribution >= 0.6 is 0 Å². The topological polar surface area (TPSA) is 47.8 Å². The molecule has 5 aromatic carbocycles. The fourth-order valence-electron chi connectivity index (χ4n) is 7.99. The predicted molar refractivity (Wildman–Crippen MR) is 203 cm³/mol. The van der Waals surface area contributed by atoms with Crippen LogP contribution in [0.3, 0.4) is 0 Å². The van der Waals surface area contributed by atoms with Crippen molar-refractivity contribution >= 4 is 32.6 Å². The van der Waals surface area contributed by atoms with Crippen LogP contribution in [0.4, 0.5) is 0 Å². The molecular weight excluding hydrogens is 631 g/mol. The number of aromatic nitrogens is 3. The van der Waals surface area contributed by atoms with Gasteiger partial charge in [-0.05, 0) is 102 Å². The molecule has 0 spiro atoms. The molecule has 50 heavy (non-hydrogen) atoms. The summed E-state index contributed by atoms with van der Waals surface area (Å²) in [4.78, 5) is 11.9. The molecule has 4 nitrogen and oxygen atoms in total. The lowest BCUT2D eigenvalue weighted by Gasteiger charge is -2.11. The minimum Gasteiger partial charge on any atom is -0.309 e. The van der Waals surface area contributed by atoms with Gasteiger partial charge in [0.2, 0.25) is 0 Å². The Balaban J connectivity index is 1.11. The summed E-state index contributed by atoms with van der Waals surface area (Å²) in [7, 11) is -1.20. The van der Waals surface area contributed by atoms with Gasteiger partial charge in [0.05, 0.1) is 43.0 Å². The summed E-state index contributed by atoms with van der Waals surface area (Å²) in [5.41, 5.74) is 14.5. The van der Waals surface area contributed by atoms with E-state index in [0.29, 0.717) is 0 Å². The van der Waals surface area contributed by atoms with E-state index < -0.39 is 10.8 Å². The first kappa shape index (κ1) is 29.3. The first-order chi connectivity index (χ1) is 24.7. The fraction of sp³-hybridized carbons (Fsp3) is 0.111. The zero-order chi connectivity index (χ0) is 33.2. The molecule has 8 aromatic rings. The Labute approximate surface area is 293 Å². The monoisotopic (exact) mass is 663 g/mol. The number of aryl methyl sites for hydroxylation is 4. The zero-order valence-electron chi connectivity index (χ0n) is 27.5. The molecule has 0 saturated heterocycles.